The maximum atomic E-state index is 14.1. The summed E-state index contributed by atoms with van der Waals surface area (Å²) in [6.45, 7) is -1.07. The van der Waals surface area contributed by atoms with Gasteiger partial charge in [0, 0.05) is 31.6 Å². The number of likely N-dealkylation sites (N-methyl/N-ethyl adjacent to an activating group) is 1. The molecule has 3 aliphatic heterocycles. The lowest BCUT2D eigenvalue weighted by molar-refractivity contribution is -0.142. The van der Waals surface area contributed by atoms with Gasteiger partial charge in [0.15, 0.2) is 17.3 Å². The van der Waals surface area contributed by atoms with Gasteiger partial charge in [-0.15, -0.1) is 0 Å². The summed E-state index contributed by atoms with van der Waals surface area (Å²) in [7, 11) is 2.06. The molecule has 2 N–H and O–H groups in total. The molecule has 0 radical (unpaired) electrons. The highest BCUT2D eigenvalue weighted by atomic mass is 32.2. The zero-order valence-electron chi connectivity index (χ0n) is 22.9. The summed E-state index contributed by atoms with van der Waals surface area (Å²) in [4.78, 5) is 15.1. The molecule has 13 nitrogen and oxygen atoms in total. The Balaban J connectivity index is 1.74. The Morgan fingerprint density at radius 2 is 1.70 bits per heavy atom. The third-order valence-electron chi connectivity index (χ3n) is 7.80. The van der Waals surface area contributed by atoms with E-state index in [0.29, 0.717) is 59.8 Å². The van der Waals surface area contributed by atoms with Crippen LogP contribution < -0.4 is 14.2 Å². The zero-order chi connectivity index (χ0) is 28.8. The Morgan fingerprint density at radius 1 is 1.00 bits per heavy atom. The standard InChI is InChI=1S/C26H34N2O11S/c1-27-8-7-15-17(19(27)20-14-5-6-16(34-2)21(35-3)18(14)26(31)39-20)22(36-4)23-24(38-13-37-23)25(15)40(32,33)28(9-11-29)10-12-30/h19-20,29-30H,5-13H2,1-4H3. The first-order valence-corrected chi connectivity index (χ1v) is 14.4. The summed E-state index contributed by atoms with van der Waals surface area (Å²) in [6, 6.07) is -0.620. The van der Waals surface area contributed by atoms with Crippen molar-refractivity contribution in [3.8, 4) is 17.2 Å². The Bertz CT molecular complexity index is 1370. The number of methoxy groups -OCH3 is 3. The number of aliphatic hydroxyl groups is 2. The molecule has 2 unspecified atom stereocenters. The van der Waals surface area contributed by atoms with Gasteiger partial charge in [0.1, 0.15) is 22.3 Å². The van der Waals surface area contributed by atoms with Crippen molar-refractivity contribution in [1.29, 1.82) is 0 Å². The Morgan fingerprint density at radius 3 is 2.33 bits per heavy atom. The number of esters is 1. The van der Waals surface area contributed by atoms with Crippen LogP contribution in [0, 0.1) is 0 Å². The molecule has 0 saturated carbocycles. The van der Waals surface area contributed by atoms with Crippen molar-refractivity contribution in [3.63, 3.8) is 0 Å². The lowest BCUT2D eigenvalue weighted by Gasteiger charge is -2.40. The van der Waals surface area contributed by atoms with Gasteiger partial charge in [0.2, 0.25) is 22.6 Å². The molecule has 0 saturated heterocycles. The van der Waals surface area contributed by atoms with E-state index in [1.165, 1.54) is 21.3 Å². The van der Waals surface area contributed by atoms with Crippen LogP contribution in [0.5, 0.6) is 17.2 Å². The molecule has 0 aromatic heterocycles. The highest BCUT2D eigenvalue weighted by Crippen LogP contribution is 2.56. The normalized spacial score (nSPS) is 22.4. The molecular weight excluding hydrogens is 548 g/mol. The van der Waals surface area contributed by atoms with E-state index in [2.05, 4.69) is 0 Å². The first kappa shape index (κ1) is 28.5. The predicted octanol–water partition coefficient (Wildman–Crippen LogP) is 0.448. The lowest BCUT2D eigenvalue weighted by atomic mass is 9.82. The third-order valence-corrected chi connectivity index (χ3v) is 9.79. The Kier molecular flexibility index (Phi) is 7.90. The van der Waals surface area contributed by atoms with E-state index in [1.54, 1.807) is 0 Å². The summed E-state index contributed by atoms with van der Waals surface area (Å²) in [6.07, 6.45) is 0.551. The second-order valence-corrected chi connectivity index (χ2v) is 11.6. The van der Waals surface area contributed by atoms with E-state index < -0.39 is 41.4 Å². The molecule has 14 heteroatoms. The number of aliphatic hydroxyl groups excluding tert-OH is 2. The smallest absolute Gasteiger partial charge is 0.342 e. The topological polar surface area (TPSA) is 154 Å². The number of hydrogen-bond acceptors (Lipinski definition) is 12. The van der Waals surface area contributed by atoms with Crippen molar-refractivity contribution in [1.82, 2.24) is 9.21 Å². The number of sulfonamides is 1. The van der Waals surface area contributed by atoms with E-state index in [0.717, 1.165) is 9.88 Å². The molecule has 0 spiro atoms. The number of allylic oxidation sites excluding steroid dienone is 1. The summed E-state index contributed by atoms with van der Waals surface area (Å²) < 4.78 is 63.4. The highest BCUT2D eigenvalue weighted by Gasteiger charge is 2.50. The van der Waals surface area contributed by atoms with Crippen LogP contribution in [-0.4, -0.2) is 108 Å². The van der Waals surface area contributed by atoms with Gasteiger partial charge in [-0.05, 0) is 31.0 Å². The highest BCUT2D eigenvalue weighted by molar-refractivity contribution is 7.89. The number of carbonyl (C=O) groups excluding carboxylic acids is 1. The van der Waals surface area contributed by atoms with E-state index in [-0.39, 0.29) is 36.3 Å². The maximum absolute atomic E-state index is 14.1. The summed E-state index contributed by atoms with van der Waals surface area (Å²) in [5.41, 5.74) is 2.02. The molecule has 40 heavy (non-hydrogen) atoms. The molecule has 0 fully saturated rings. The van der Waals surface area contributed by atoms with Crippen molar-refractivity contribution in [3.05, 3.63) is 33.8 Å². The number of ether oxygens (including phenoxy) is 6. The largest absolute Gasteiger partial charge is 0.497 e. The summed E-state index contributed by atoms with van der Waals surface area (Å²) >= 11 is 0. The fraction of sp³-hybridized carbons (Fsp3) is 0.577. The fourth-order valence-corrected chi connectivity index (χ4v) is 7.91. The van der Waals surface area contributed by atoms with Gasteiger partial charge in [0.25, 0.3) is 0 Å². The van der Waals surface area contributed by atoms with Crippen LogP contribution in [0.4, 0.5) is 0 Å². The molecule has 5 rings (SSSR count). The van der Waals surface area contributed by atoms with E-state index >= 15 is 0 Å². The first-order valence-electron chi connectivity index (χ1n) is 12.9. The quantitative estimate of drug-likeness (QED) is 0.368. The number of hydrogen-bond donors (Lipinski definition) is 2. The van der Waals surface area contributed by atoms with E-state index in [4.69, 9.17) is 28.4 Å². The molecular formula is C26H34N2O11S. The van der Waals surface area contributed by atoms with Crippen molar-refractivity contribution in [2.24, 2.45) is 0 Å². The van der Waals surface area contributed by atoms with E-state index in [1.807, 2.05) is 11.9 Å². The molecule has 0 amide bonds. The summed E-state index contributed by atoms with van der Waals surface area (Å²) in [5.74, 6) is 0.800. The monoisotopic (exact) mass is 582 g/mol. The van der Waals surface area contributed by atoms with Crippen LogP contribution in [0.3, 0.4) is 0 Å². The molecule has 1 aliphatic carbocycles. The second-order valence-electron chi connectivity index (χ2n) is 9.73. The molecule has 1 aromatic rings. The summed E-state index contributed by atoms with van der Waals surface area (Å²) in [5, 5.41) is 19.1. The molecule has 1 aromatic carbocycles. The molecule has 0 bridgehead atoms. The van der Waals surface area contributed by atoms with Gasteiger partial charge in [0.05, 0.1) is 40.6 Å². The number of fused-ring (bicyclic) bond motifs is 2. The van der Waals surface area contributed by atoms with Gasteiger partial charge in [-0.1, -0.05) is 0 Å². The van der Waals surface area contributed by atoms with E-state index in [9.17, 15) is 23.4 Å². The molecule has 4 aliphatic rings. The van der Waals surface area contributed by atoms with Crippen molar-refractivity contribution < 1.29 is 51.8 Å². The van der Waals surface area contributed by atoms with Crippen LogP contribution in [0.2, 0.25) is 0 Å². The van der Waals surface area contributed by atoms with Gasteiger partial charge >= 0.3 is 5.97 Å². The zero-order valence-corrected chi connectivity index (χ0v) is 23.7. The Labute approximate surface area is 232 Å². The number of benzene rings is 1. The number of cyclic esters (lactones) is 1. The van der Waals surface area contributed by atoms with Gasteiger partial charge in [-0.25, -0.2) is 13.2 Å². The van der Waals surface area contributed by atoms with Crippen LogP contribution in [0.1, 0.15) is 30.0 Å². The molecule has 2 atom stereocenters. The van der Waals surface area contributed by atoms with Crippen LogP contribution in [0.15, 0.2) is 27.6 Å². The van der Waals surface area contributed by atoms with Crippen molar-refractivity contribution in [2.45, 2.75) is 36.3 Å². The SMILES string of the molecule is COC1=C(OC)C2=C(CC1)C(C1c3c(c(S(=O)(=O)N(CCO)CCO)c4c(c3OC)OCO4)CCN1C)OC2=O. The van der Waals surface area contributed by atoms with Crippen LogP contribution in [0.25, 0.3) is 0 Å². The maximum Gasteiger partial charge on any atom is 0.342 e. The van der Waals surface area contributed by atoms with Crippen molar-refractivity contribution >= 4 is 16.0 Å². The minimum absolute atomic E-state index is 0.0232. The molecule has 3 heterocycles. The second kappa shape index (κ2) is 11.1. The van der Waals surface area contributed by atoms with Crippen LogP contribution in [-0.2, 0) is 35.4 Å². The Hall–Kier alpha value is -3.04. The van der Waals surface area contributed by atoms with Gasteiger partial charge in [-0.2, -0.15) is 4.31 Å². The number of nitrogens with zero attached hydrogens (tertiary/aromatic N) is 2. The van der Waals surface area contributed by atoms with Crippen molar-refractivity contribution in [2.75, 3.05) is 68.0 Å². The third kappa shape index (κ3) is 4.29. The number of carbonyl (C=O) groups is 1. The minimum atomic E-state index is -4.27. The van der Waals surface area contributed by atoms with Crippen LogP contribution >= 0.6 is 0 Å². The predicted molar refractivity (Wildman–Crippen MR) is 138 cm³/mol. The minimum Gasteiger partial charge on any atom is -0.497 e. The van der Waals surface area contributed by atoms with Gasteiger partial charge < -0.3 is 38.6 Å². The number of rotatable bonds is 10. The lowest BCUT2D eigenvalue weighted by Crippen LogP contribution is -2.42. The molecule has 220 valence electrons. The fourth-order valence-electron chi connectivity index (χ4n) is 6.10. The van der Waals surface area contributed by atoms with Gasteiger partial charge in [-0.3, -0.25) is 4.90 Å². The average Bonchev–Trinajstić information content (AvgIpc) is 3.55. The average molecular weight is 583 g/mol. The first-order chi connectivity index (χ1) is 19.2.